The molecule has 1 aliphatic heterocycles. The number of benzene rings is 1. The quantitative estimate of drug-likeness (QED) is 0.749. The Balaban J connectivity index is 1.43. The van der Waals surface area contributed by atoms with Gasteiger partial charge in [-0.25, -0.2) is 0 Å². The van der Waals surface area contributed by atoms with Gasteiger partial charge in [-0.1, -0.05) is 0 Å². The first kappa shape index (κ1) is 19.8. The minimum absolute atomic E-state index is 0.0616. The summed E-state index contributed by atoms with van der Waals surface area (Å²) < 4.78 is 13.4. The van der Waals surface area contributed by atoms with Gasteiger partial charge in [0.2, 0.25) is 5.91 Å². The van der Waals surface area contributed by atoms with Crippen molar-refractivity contribution in [3.05, 3.63) is 41.7 Å². The van der Waals surface area contributed by atoms with Gasteiger partial charge in [0.15, 0.2) is 0 Å². The Morgan fingerprint density at radius 2 is 2.14 bits per heavy atom. The topological polar surface area (TPSA) is 77.4 Å². The molecular formula is C22H30N4O3. The lowest BCUT2D eigenvalue weighted by atomic mass is 9.90. The summed E-state index contributed by atoms with van der Waals surface area (Å²) >= 11 is 0. The lowest BCUT2D eigenvalue weighted by Crippen LogP contribution is -2.34. The van der Waals surface area contributed by atoms with Crippen LogP contribution in [-0.4, -0.2) is 42.0 Å². The summed E-state index contributed by atoms with van der Waals surface area (Å²) in [4.78, 5) is 12.9. The normalized spacial score (nSPS) is 22.0. The summed E-state index contributed by atoms with van der Waals surface area (Å²) in [6, 6.07) is 5.82. The number of rotatable bonds is 7. The van der Waals surface area contributed by atoms with Crippen LogP contribution in [0.2, 0.25) is 0 Å². The minimum atomic E-state index is -0.100. The molecule has 7 heteroatoms. The van der Waals surface area contributed by atoms with Crippen molar-refractivity contribution in [2.75, 3.05) is 20.2 Å². The van der Waals surface area contributed by atoms with Crippen molar-refractivity contribution in [2.24, 2.45) is 13.0 Å². The molecule has 0 bridgehead atoms. The molecule has 2 aliphatic rings. The van der Waals surface area contributed by atoms with Gasteiger partial charge in [-0.15, -0.1) is 0 Å². The van der Waals surface area contributed by atoms with E-state index >= 15 is 0 Å². The maximum absolute atomic E-state index is 12.9. The SMILES string of the molecule is COc1ccc(CNC(=O)[C@H]2CNC[C@@H]2c2cnn(C)c2)c(OC2CCCC2)c1. The fourth-order valence-electron chi connectivity index (χ4n) is 4.35. The van der Waals surface area contributed by atoms with E-state index in [1.165, 1.54) is 12.8 Å². The number of methoxy groups -OCH3 is 1. The average Bonchev–Trinajstić information content (AvgIpc) is 3.48. The number of hydrogen-bond acceptors (Lipinski definition) is 5. The molecule has 1 aliphatic carbocycles. The minimum Gasteiger partial charge on any atom is -0.497 e. The van der Waals surface area contributed by atoms with E-state index < -0.39 is 0 Å². The third kappa shape index (κ3) is 4.56. The zero-order valence-electron chi connectivity index (χ0n) is 17.2. The first-order valence-electron chi connectivity index (χ1n) is 10.4. The van der Waals surface area contributed by atoms with Crippen LogP contribution in [0.3, 0.4) is 0 Å². The van der Waals surface area contributed by atoms with E-state index in [2.05, 4.69) is 15.7 Å². The summed E-state index contributed by atoms with van der Waals surface area (Å²) in [7, 11) is 3.55. The van der Waals surface area contributed by atoms with Crippen LogP contribution < -0.4 is 20.1 Å². The molecule has 0 radical (unpaired) electrons. The number of carbonyl (C=O) groups is 1. The zero-order valence-corrected chi connectivity index (χ0v) is 17.2. The molecule has 7 nitrogen and oxygen atoms in total. The summed E-state index contributed by atoms with van der Waals surface area (Å²) in [6.45, 7) is 1.92. The number of nitrogens with zero attached hydrogens (tertiary/aromatic N) is 2. The Bertz CT molecular complexity index is 844. The molecule has 2 fully saturated rings. The third-order valence-electron chi connectivity index (χ3n) is 6.03. The number of amides is 1. The molecule has 0 spiro atoms. The smallest absolute Gasteiger partial charge is 0.225 e. The first-order chi connectivity index (χ1) is 14.1. The number of carbonyl (C=O) groups excluding carboxylic acids is 1. The highest BCUT2D eigenvalue weighted by Crippen LogP contribution is 2.31. The van der Waals surface area contributed by atoms with Gasteiger partial charge in [-0.05, 0) is 43.4 Å². The van der Waals surface area contributed by atoms with Crippen LogP contribution in [0.25, 0.3) is 0 Å². The van der Waals surface area contributed by atoms with E-state index in [1.54, 1.807) is 11.8 Å². The van der Waals surface area contributed by atoms with Crippen LogP contribution in [0.1, 0.15) is 42.7 Å². The lowest BCUT2D eigenvalue weighted by Gasteiger charge is -2.20. The number of aryl methyl sites for hydroxylation is 1. The number of ether oxygens (including phenoxy) is 2. The fraction of sp³-hybridized carbons (Fsp3) is 0.545. The number of hydrogen-bond donors (Lipinski definition) is 2. The summed E-state index contributed by atoms with van der Waals surface area (Å²) in [6.07, 6.45) is 8.71. The molecular weight excluding hydrogens is 368 g/mol. The number of aromatic nitrogens is 2. The summed E-state index contributed by atoms with van der Waals surface area (Å²) in [5, 5.41) is 10.7. The predicted octanol–water partition coefficient (Wildman–Crippen LogP) is 2.37. The van der Waals surface area contributed by atoms with Gasteiger partial charge >= 0.3 is 0 Å². The molecule has 156 valence electrons. The van der Waals surface area contributed by atoms with Crippen LogP contribution in [-0.2, 0) is 18.4 Å². The Labute approximate surface area is 171 Å². The van der Waals surface area contributed by atoms with Crippen LogP contribution >= 0.6 is 0 Å². The fourth-order valence-corrected chi connectivity index (χ4v) is 4.35. The molecule has 2 heterocycles. The largest absolute Gasteiger partial charge is 0.497 e. The van der Waals surface area contributed by atoms with Gasteiger partial charge in [-0.3, -0.25) is 9.48 Å². The Morgan fingerprint density at radius 1 is 1.31 bits per heavy atom. The number of nitrogens with one attached hydrogen (secondary N) is 2. The van der Waals surface area contributed by atoms with Crippen LogP contribution in [0, 0.1) is 5.92 Å². The van der Waals surface area contributed by atoms with Crippen molar-refractivity contribution >= 4 is 5.91 Å². The van der Waals surface area contributed by atoms with Crippen molar-refractivity contribution in [3.63, 3.8) is 0 Å². The van der Waals surface area contributed by atoms with Crippen LogP contribution in [0.4, 0.5) is 0 Å². The molecule has 2 atom stereocenters. The van der Waals surface area contributed by atoms with Crippen molar-refractivity contribution in [2.45, 2.75) is 44.2 Å². The molecule has 1 saturated carbocycles. The molecule has 0 unspecified atom stereocenters. The maximum Gasteiger partial charge on any atom is 0.225 e. The second kappa shape index (κ2) is 8.86. The van der Waals surface area contributed by atoms with Crippen LogP contribution in [0.5, 0.6) is 11.5 Å². The van der Waals surface area contributed by atoms with Crippen LogP contribution in [0.15, 0.2) is 30.6 Å². The zero-order chi connectivity index (χ0) is 20.2. The predicted molar refractivity (Wildman–Crippen MR) is 110 cm³/mol. The van der Waals surface area contributed by atoms with Crippen molar-refractivity contribution in [1.82, 2.24) is 20.4 Å². The van der Waals surface area contributed by atoms with Gasteiger partial charge < -0.3 is 20.1 Å². The van der Waals surface area contributed by atoms with E-state index in [4.69, 9.17) is 9.47 Å². The van der Waals surface area contributed by atoms with Gasteiger partial charge in [0.25, 0.3) is 0 Å². The van der Waals surface area contributed by atoms with Gasteiger partial charge in [0, 0.05) is 50.4 Å². The van der Waals surface area contributed by atoms with E-state index in [0.29, 0.717) is 13.1 Å². The summed E-state index contributed by atoms with van der Waals surface area (Å²) in [5.41, 5.74) is 2.09. The molecule has 1 saturated heterocycles. The Hall–Kier alpha value is -2.54. The second-order valence-electron chi connectivity index (χ2n) is 8.03. The van der Waals surface area contributed by atoms with Crippen molar-refractivity contribution in [1.29, 1.82) is 0 Å². The van der Waals surface area contributed by atoms with Gasteiger partial charge in [-0.2, -0.15) is 5.10 Å². The maximum atomic E-state index is 12.9. The molecule has 2 N–H and O–H groups in total. The summed E-state index contributed by atoms with van der Waals surface area (Å²) in [5.74, 6) is 1.69. The van der Waals surface area contributed by atoms with E-state index in [0.717, 1.165) is 42.0 Å². The average molecular weight is 399 g/mol. The molecule has 1 amide bonds. The van der Waals surface area contributed by atoms with E-state index in [-0.39, 0.29) is 23.8 Å². The first-order valence-corrected chi connectivity index (χ1v) is 10.4. The monoisotopic (exact) mass is 398 g/mol. The Kier molecular flexibility index (Phi) is 6.04. The molecule has 4 rings (SSSR count). The highest BCUT2D eigenvalue weighted by Gasteiger charge is 2.34. The lowest BCUT2D eigenvalue weighted by molar-refractivity contribution is -0.125. The molecule has 29 heavy (non-hydrogen) atoms. The highest BCUT2D eigenvalue weighted by atomic mass is 16.5. The van der Waals surface area contributed by atoms with Crippen molar-refractivity contribution in [3.8, 4) is 11.5 Å². The highest BCUT2D eigenvalue weighted by molar-refractivity contribution is 5.80. The molecule has 1 aromatic carbocycles. The molecule has 2 aromatic rings. The second-order valence-corrected chi connectivity index (χ2v) is 8.03. The van der Waals surface area contributed by atoms with E-state index in [1.807, 2.05) is 37.6 Å². The van der Waals surface area contributed by atoms with Crippen molar-refractivity contribution < 1.29 is 14.3 Å². The van der Waals surface area contributed by atoms with Gasteiger partial charge in [0.1, 0.15) is 11.5 Å². The van der Waals surface area contributed by atoms with E-state index in [9.17, 15) is 4.79 Å². The molecule has 1 aromatic heterocycles. The standard InChI is InChI=1S/C22H30N4O3/c1-26-14-16(11-25-26)19-12-23-13-20(19)22(27)24-10-15-7-8-18(28-2)9-21(15)29-17-5-3-4-6-17/h7-9,11,14,17,19-20,23H,3-6,10,12-13H2,1-2H3,(H,24,27)/t19-,20+/m1/s1. The third-order valence-corrected chi connectivity index (χ3v) is 6.03. The van der Waals surface area contributed by atoms with Gasteiger partial charge in [0.05, 0.1) is 25.3 Å². The Morgan fingerprint density at radius 3 is 2.86 bits per heavy atom.